The average Bonchev–Trinajstić information content (AvgIpc) is 2.71. The Kier molecular flexibility index (Phi) is 5.25. The van der Waals surface area contributed by atoms with Crippen LogP contribution in [0.1, 0.15) is 24.6 Å². The minimum absolute atomic E-state index is 0.114. The van der Waals surface area contributed by atoms with Gasteiger partial charge in [-0.15, -0.1) is 0 Å². The molecule has 0 radical (unpaired) electrons. The fraction of sp³-hybridized carbons (Fsp3) is 0.600. The van der Waals surface area contributed by atoms with E-state index in [4.69, 9.17) is 15.4 Å². The molecule has 0 fully saturated rings. The minimum atomic E-state index is -0.972. The first-order valence-corrected chi connectivity index (χ1v) is 5.53. The lowest BCUT2D eigenvalue weighted by Gasteiger charge is -2.10. The van der Waals surface area contributed by atoms with E-state index in [-0.39, 0.29) is 18.7 Å². The van der Waals surface area contributed by atoms with E-state index in [1.807, 2.05) is 0 Å². The zero-order chi connectivity index (χ0) is 13.5. The molecule has 0 aliphatic rings. The third-order valence-electron chi connectivity index (χ3n) is 2.22. The summed E-state index contributed by atoms with van der Waals surface area (Å²) >= 11 is 0. The smallest absolute Gasteiger partial charge is 0.303 e. The molecule has 18 heavy (non-hydrogen) atoms. The predicted molar refractivity (Wildman–Crippen MR) is 60.6 cm³/mol. The number of hydrogen-bond donors (Lipinski definition) is 3. The molecular formula is C10H16N4O4. The lowest BCUT2D eigenvalue weighted by Crippen LogP contribution is -2.41. The Balaban J connectivity index is 2.22. The van der Waals surface area contributed by atoms with Crippen molar-refractivity contribution < 1.29 is 19.2 Å². The topological polar surface area (TPSA) is 131 Å². The van der Waals surface area contributed by atoms with Crippen LogP contribution in [-0.4, -0.2) is 39.7 Å². The van der Waals surface area contributed by atoms with Gasteiger partial charge in [0, 0.05) is 26.3 Å². The van der Waals surface area contributed by atoms with Gasteiger partial charge in [-0.2, -0.15) is 4.98 Å². The molecule has 1 aromatic heterocycles. The Labute approximate surface area is 104 Å². The molecule has 8 heteroatoms. The summed E-state index contributed by atoms with van der Waals surface area (Å²) < 4.78 is 4.77. The number of carboxylic acid groups (broad SMARTS) is 1. The summed E-state index contributed by atoms with van der Waals surface area (Å²) in [4.78, 5) is 25.7. The minimum Gasteiger partial charge on any atom is -0.481 e. The number of aliphatic carboxylic acids is 1. The van der Waals surface area contributed by atoms with Crippen LogP contribution in [0.25, 0.3) is 0 Å². The Morgan fingerprint density at radius 2 is 2.28 bits per heavy atom. The van der Waals surface area contributed by atoms with E-state index in [1.54, 1.807) is 6.92 Å². The van der Waals surface area contributed by atoms with Crippen LogP contribution in [0.3, 0.4) is 0 Å². The zero-order valence-corrected chi connectivity index (χ0v) is 10.0. The first kappa shape index (κ1) is 14.1. The van der Waals surface area contributed by atoms with Crippen molar-refractivity contribution >= 4 is 11.9 Å². The van der Waals surface area contributed by atoms with E-state index in [0.29, 0.717) is 24.7 Å². The van der Waals surface area contributed by atoms with Crippen LogP contribution in [0.4, 0.5) is 0 Å². The number of nitrogens with two attached hydrogens (primary N) is 1. The van der Waals surface area contributed by atoms with Gasteiger partial charge in [0.2, 0.25) is 11.8 Å². The van der Waals surface area contributed by atoms with Gasteiger partial charge in [0.15, 0.2) is 5.82 Å². The van der Waals surface area contributed by atoms with E-state index in [0.717, 1.165) is 0 Å². The number of aromatic nitrogens is 2. The number of nitrogens with one attached hydrogen (secondary N) is 1. The molecule has 1 heterocycles. The Bertz CT molecular complexity index is 418. The molecule has 1 atom stereocenters. The van der Waals surface area contributed by atoms with Gasteiger partial charge in [0.05, 0.1) is 6.04 Å². The monoisotopic (exact) mass is 256 g/mol. The lowest BCUT2D eigenvalue weighted by atomic mass is 10.1. The molecule has 4 N–H and O–H groups in total. The highest BCUT2D eigenvalue weighted by Gasteiger charge is 2.14. The van der Waals surface area contributed by atoms with Gasteiger partial charge in [-0.3, -0.25) is 9.59 Å². The van der Waals surface area contributed by atoms with Gasteiger partial charge >= 0.3 is 5.97 Å². The van der Waals surface area contributed by atoms with Crippen LogP contribution >= 0.6 is 0 Å². The Morgan fingerprint density at radius 1 is 1.56 bits per heavy atom. The molecule has 0 aliphatic carbocycles. The van der Waals surface area contributed by atoms with Crippen LogP contribution in [-0.2, 0) is 16.0 Å². The summed E-state index contributed by atoms with van der Waals surface area (Å²) in [6, 6.07) is -0.812. The van der Waals surface area contributed by atoms with Crippen molar-refractivity contribution in [1.29, 1.82) is 0 Å². The van der Waals surface area contributed by atoms with Crippen molar-refractivity contribution in [2.75, 3.05) is 6.54 Å². The van der Waals surface area contributed by atoms with Crippen LogP contribution in [0.5, 0.6) is 0 Å². The summed E-state index contributed by atoms with van der Waals surface area (Å²) in [5.74, 6) is -0.376. The second-order valence-electron chi connectivity index (χ2n) is 3.81. The molecule has 8 nitrogen and oxygen atoms in total. The molecule has 1 aromatic rings. The first-order valence-electron chi connectivity index (χ1n) is 5.53. The molecule has 0 saturated heterocycles. The summed E-state index contributed by atoms with van der Waals surface area (Å²) in [6.07, 6.45) is 0.426. The molecular weight excluding hydrogens is 240 g/mol. The Hall–Kier alpha value is -1.96. The molecule has 0 aliphatic heterocycles. The molecule has 1 rings (SSSR count). The maximum atomic E-state index is 11.5. The maximum Gasteiger partial charge on any atom is 0.303 e. The van der Waals surface area contributed by atoms with Crippen LogP contribution in [0.15, 0.2) is 4.52 Å². The number of carboxylic acids is 1. The molecule has 0 spiro atoms. The highest BCUT2D eigenvalue weighted by molar-refractivity contribution is 5.82. The summed E-state index contributed by atoms with van der Waals surface area (Å²) in [7, 11) is 0. The highest BCUT2D eigenvalue weighted by atomic mass is 16.5. The van der Waals surface area contributed by atoms with E-state index in [9.17, 15) is 9.59 Å². The lowest BCUT2D eigenvalue weighted by molar-refractivity contribution is -0.137. The van der Waals surface area contributed by atoms with E-state index in [1.165, 1.54) is 0 Å². The SMILES string of the molecule is Cc1nc(CCNC(=O)C(N)CCC(=O)O)no1. The van der Waals surface area contributed by atoms with Crippen molar-refractivity contribution in [3.8, 4) is 0 Å². The normalized spacial score (nSPS) is 12.1. The number of nitrogens with zero attached hydrogens (tertiary/aromatic N) is 2. The van der Waals surface area contributed by atoms with Crippen molar-refractivity contribution in [2.45, 2.75) is 32.2 Å². The van der Waals surface area contributed by atoms with Crippen molar-refractivity contribution in [3.05, 3.63) is 11.7 Å². The quantitative estimate of drug-likeness (QED) is 0.583. The molecule has 0 bridgehead atoms. The Morgan fingerprint density at radius 3 is 2.83 bits per heavy atom. The average molecular weight is 256 g/mol. The van der Waals surface area contributed by atoms with Gasteiger partial charge in [-0.05, 0) is 6.42 Å². The largest absolute Gasteiger partial charge is 0.481 e. The van der Waals surface area contributed by atoms with Crippen LogP contribution < -0.4 is 11.1 Å². The van der Waals surface area contributed by atoms with Gasteiger partial charge in [0.25, 0.3) is 0 Å². The summed E-state index contributed by atoms with van der Waals surface area (Å²) in [5, 5.41) is 14.7. The number of aryl methyl sites for hydroxylation is 1. The third-order valence-corrected chi connectivity index (χ3v) is 2.22. The van der Waals surface area contributed by atoms with Crippen molar-refractivity contribution in [1.82, 2.24) is 15.5 Å². The molecule has 1 amide bonds. The van der Waals surface area contributed by atoms with Crippen molar-refractivity contribution in [3.63, 3.8) is 0 Å². The summed E-state index contributed by atoms with van der Waals surface area (Å²) in [5.41, 5.74) is 5.52. The number of carbonyl (C=O) groups is 2. The number of carbonyl (C=O) groups excluding carboxylic acids is 1. The van der Waals surface area contributed by atoms with Crippen molar-refractivity contribution in [2.24, 2.45) is 5.73 Å². The van der Waals surface area contributed by atoms with Gasteiger partial charge < -0.3 is 20.7 Å². The predicted octanol–water partition coefficient (Wildman–Crippen LogP) is -0.771. The number of rotatable bonds is 7. The fourth-order valence-electron chi connectivity index (χ4n) is 1.28. The fourth-order valence-corrected chi connectivity index (χ4v) is 1.28. The summed E-state index contributed by atoms with van der Waals surface area (Å²) in [6.45, 7) is 2.01. The second-order valence-corrected chi connectivity index (χ2v) is 3.81. The highest BCUT2D eigenvalue weighted by Crippen LogP contribution is 1.96. The van der Waals surface area contributed by atoms with Gasteiger partial charge in [0.1, 0.15) is 0 Å². The maximum absolute atomic E-state index is 11.5. The number of hydrogen-bond acceptors (Lipinski definition) is 6. The second kappa shape index (κ2) is 6.70. The van der Waals surface area contributed by atoms with E-state index < -0.39 is 12.0 Å². The van der Waals surface area contributed by atoms with Crippen LogP contribution in [0.2, 0.25) is 0 Å². The molecule has 1 unspecified atom stereocenters. The standard InChI is InChI=1S/C10H16N4O4/c1-6-13-8(14-18-6)4-5-12-10(17)7(11)2-3-9(15)16/h7H,2-5,11H2,1H3,(H,12,17)(H,15,16). The molecule has 0 saturated carbocycles. The third kappa shape index (κ3) is 4.91. The van der Waals surface area contributed by atoms with E-state index in [2.05, 4.69) is 15.5 Å². The molecule has 100 valence electrons. The zero-order valence-electron chi connectivity index (χ0n) is 10.0. The molecule has 0 aromatic carbocycles. The first-order chi connectivity index (χ1) is 8.49. The number of amides is 1. The van der Waals surface area contributed by atoms with Gasteiger partial charge in [-0.1, -0.05) is 5.16 Å². The van der Waals surface area contributed by atoms with Gasteiger partial charge in [-0.25, -0.2) is 0 Å². The van der Waals surface area contributed by atoms with E-state index >= 15 is 0 Å². The van der Waals surface area contributed by atoms with Crippen LogP contribution in [0, 0.1) is 6.92 Å².